The average molecular weight is 935 g/mol. The normalized spacial score (nSPS) is 14.7. The number of rotatable bonds is 5. The van der Waals surface area contributed by atoms with Crippen molar-refractivity contribution in [2.24, 2.45) is 7.05 Å². The molecule has 0 saturated carbocycles. The van der Waals surface area contributed by atoms with Crippen molar-refractivity contribution in [2.75, 3.05) is 4.90 Å². The summed E-state index contributed by atoms with van der Waals surface area (Å²) in [5, 5.41) is 0. The zero-order valence-electron chi connectivity index (χ0n) is 45.5. The third kappa shape index (κ3) is 7.18. The van der Waals surface area contributed by atoms with Crippen LogP contribution in [0.3, 0.4) is 0 Å². The van der Waals surface area contributed by atoms with Crippen LogP contribution < -0.4 is 30.6 Å². The molecule has 1 aromatic heterocycles. The van der Waals surface area contributed by atoms with Crippen molar-refractivity contribution in [3.05, 3.63) is 166 Å². The van der Waals surface area contributed by atoms with Gasteiger partial charge in [0.25, 0.3) is 12.5 Å². The molecule has 3 aliphatic heterocycles. The summed E-state index contributed by atoms with van der Waals surface area (Å²) in [7, 11) is 2.24. The average Bonchev–Trinajstić information content (AvgIpc) is 3.59. The Morgan fingerprint density at radius 3 is 1.83 bits per heavy atom. The van der Waals surface area contributed by atoms with Crippen molar-refractivity contribution in [1.82, 2.24) is 4.57 Å². The summed E-state index contributed by atoms with van der Waals surface area (Å²) in [6.07, 6.45) is 0. The first-order valence-electron chi connectivity index (χ1n) is 26.2. The topological polar surface area (TPSA) is 21.3 Å². The number of anilines is 3. The molecule has 3 aliphatic rings. The van der Waals surface area contributed by atoms with Crippen LogP contribution in [0, 0.1) is 6.92 Å². The second-order valence-corrected chi connectivity index (χ2v) is 25.4. The van der Waals surface area contributed by atoms with Gasteiger partial charge in [-0.25, -0.2) is 4.57 Å². The van der Waals surface area contributed by atoms with E-state index in [0.717, 1.165) is 22.6 Å². The number of ether oxygens (including phenoxy) is 1. The molecule has 4 heterocycles. The van der Waals surface area contributed by atoms with Gasteiger partial charge in [0, 0.05) is 27.9 Å². The minimum absolute atomic E-state index is 0.00414. The SMILES string of the molecule is Cc1ccccc1-c1n(-c2c(C(C)C)cccc2C(C)C)c2cc(-c3cc4c5c(c3)N3c6ccc(C(C)(C)C)cc6C(C)(C)c6cc(C(C)(C)C)cc(c63)B5c3cc(C(C)(C)C)ccc3O4)ccc2[n+]1C. The number of para-hydroxylation sites is 1. The molecule has 0 spiro atoms. The van der Waals surface area contributed by atoms with Crippen LogP contribution in [0.2, 0.25) is 0 Å². The predicted molar refractivity (Wildman–Crippen MR) is 302 cm³/mol. The fourth-order valence-electron chi connectivity index (χ4n) is 12.2. The van der Waals surface area contributed by atoms with Gasteiger partial charge in [0.1, 0.15) is 17.2 Å². The van der Waals surface area contributed by atoms with Crippen molar-refractivity contribution in [1.29, 1.82) is 0 Å². The maximum Gasteiger partial charge on any atom is 0.295 e. The van der Waals surface area contributed by atoms with Crippen LogP contribution in [0.15, 0.2) is 121 Å². The first-order chi connectivity index (χ1) is 33.4. The maximum absolute atomic E-state index is 7.32. The lowest BCUT2D eigenvalue weighted by Gasteiger charge is -2.49. The van der Waals surface area contributed by atoms with Crippen molar-refractivity contribution in [3.8, 4) is 39.7 Å². The van der Waals surface area contributed by atoms with Crippen LogP contribution in [0.1, 0.15) is 160 Å². The van der Waals surface area contributed by atoms with Crippen molar-refractivity contribution in [3.63, 3.8) is 0 Å². The molecule has 360 valence electrons. The highest BCUT2D eigenvalue weighted by molar-refractivity contribution is 6.99. The third-order valence-electron chi connectivity index (χ3n) is 16.4. The highest BCUT2D eigenvalue weighted by Crippen LogP contribution is 2.55. The molecule has 0 fully saturated rings. The minimum atomic E-state index is -0.264. The zero-order chi connectivity index (χ0) is 50.6. The van der Waals surface area contributed by atoms with Gasteiger partial charge in [-0.1, -0.05) is 177 Å². The zero-order valence-corrected chi connectivity index (χ0v) is 45.5. The molecule has 0 unspecified atom stereocenters. The van der Waals surface area contributed by atoms with E-state index in [0.29, 0.717) is 11.8 Å². The summed E-state index contributed by atoms with van der Waals surface area (Å²) in [6, 6.07) is 47.2. The molecule has 0 saturated heterocycles. The van der Waals surface area contributed by atoms with Gasteiger partial charge in [0.2, 0.25) is 0 Å². The van der Waals surface area contributed by atoms with Gasteiger partial charge in [-0.05, 0) is 144 Å². The monoisotopic (exact) mass is 935 g/mol. The summed E-state index contributed by atoms with van der Waals surface area (Å²) in [5.74, 6) is 3.70. The predicted octanol–water partition coefficient (Wildman–Crippen LogP) is 15.3. The second-order valence-electron chi connectivity index (χ2n) is 25.4. The molecule has 5 heteroatoms. The molecule has 0 atom stereocenters. The first-order valence-corrected chi connectivity index (χ1v) is 26.2. The Labute approximate surface area is 424 Å². The number of hydrogen-bond donors (Lipinski definition) is 0. The van der Waals surface area contributed by atoms with E-state index >= 15 is 0 Å². The lowest BCUT2D eigenvalue weighted by Crippen LogP contribution is -2.61. The van der Waals surface area contributed by atoms with E-state index in [1.165, 1.54) is 106 Å². The van der Waals surface area contributed by atoms with E-state index in [9.17, 15) is 0 Å². The van der Waals surface area contributed by atoms with Gasteiger partial charge >= 0.3 is 0 Å². The van der Waals surface area contributed by atoms with Crippen molar-refractivity contribution >= 4 is 51.2 Å². The highest BCUT2D eigenvalue weighted by Gasteiger charge is 2.49. The molecule has 0 N–H and O–H groups in total. The van der Waals surface area contributed by atoms with Gasteiger partial charge < -0.3 is 9.64 Å². The summed E-state index contributed by atoms with van der Waals surface area (Å²) < 4.78 is 12.3. The summed E-state index contributed by atoms with van der Waals surface area (Å²) >= 11 is 0. The Balaban J connectivity index is 1.24. The number of hydrogen-bond acceptors (Lipinski definition) is 2. The second kappa shape index (κ2) is 15.8. The third-order valence-corrected chi connectivity index (χ3v) is 16.4. The van der Waals surface area contributed by atoms with Crippen LogP contribution in [0.25, 0.3) is 39.2 Å². The van der Waals surface area contributed by atoms with Crippen LogP contribution in [0.4, 0.5) is 17.1 Å². The molecule has 0 radical (unpaired) electrons. The molecule has 71 heavy (non-hydrogen) atoms. The van der Waals surface area contributed by atoms with Crippen molar-refractivity contribution in [2.45, 2.75) is 144 Å². The Hall–Kier alpha value is -6.33. The van der Waals surface area contributed by atoms with E-state index < -0.39 is 0 Å². The molecular formula is C66H73BN3O+. The highest BCUT2D eigenvalue weighted by atomic mass is 16.5. The standard InChI is InChI=1S/C66H73BN3O/c1-38(2)46-23-20-24-47(39(3)4)60(46)70-55-31-41(25-28-54(55)68(17)62(70)48-22-19-18-21-40(48)5)42-32-56-59-58(33-42)71-57-30-27-44(64(9,10)11)36-51(57)67(59)52-37-45(65(12,13)14)35-50-61(52)69(56)53-29-26-43(63(6,7)8)34-49(53)66(50,15)16/h18-39H,1-17H3/q+1. The van der Waals surface area contributed by atoms with Crippen molar-refractivity contribution < 1.29 is 9.30 Å². The summed E-state index contributed by atoms with van der Waals surface area (Å²) in [5.41, 5.74) is 25.2. The molecular weight excluding hydrogens is 862 g/mol. The Morgan fingerprint density at radius 2 is 1.18 bits per heavy atom. The molecule has 0 bridgehead atoms. The Morgan fingerprint density at radius 1 is 0.563 bits per heavy atom. The van der Waals surface area contributed by atoms with E-state index in [1.807, 2.05) is 0 Å². The van der Waals surface area contributed by atoms with Crippen LogP contribution >= 0.6 is 0 Å². The molecule has 11 rings (SSSR count). The van der Waals surface area contributed by atoms with E-state index in [2.05, 4.69) is 253 Å². The summed E-state index contributed by atoms with van der Waals surface area (Å²) in [4.78, 5) is 2.64. The molecule has 8 aromatic rings. The number of nitrogens with zero attached hydrogens (tertiary/aromatic N) is 3. The van der Waals surface area contributed by atoms with Crippen LogP contribution in [0.5, 0.6) is 11.5 Å². The van der Waals surface area contributed by atoms with Gasteiger partial charge in [-0.2, -0.15) is 4.57 Å². The number of aryl methyl sites for hydroxylation is 2. The van der Waals surface area contributed by atoms with E-state index in [4.69, 9.17) is 4.74 Å². The number of aromatic nitrogens is 2. The van der Waals surface area contributed by atoms with Gasteiger partial charge in [-0.3, -0.25) is 0 Å². The fourth-order valence-corrected chi connectivity index (χ4v) is 12.2. The van der Waals surface area contributed by atoms with Gasteiger partial charge in [-0.15, -0.1) is 0 Å². The number of fused-ring (bicyclic) bond motifs is 7. The summed E-state index contributed by atoms with van der Waals surface area (Å²) in [6.45, 7) is 37.6. The van der Waals surface area contributed by atoms with Gasteiger partial charge in [0.15, 0.2) is 11.0 Å². The number of benzene rings is 7. The largest absolute Gasteiger partial charge is 0.458 e. The smallest absolute Gasteiger partial charge is 0.295 e. The molecule has 0 amide bonds. The lowest BCUT2D eigenvalue weighted by molar-refractivity contribution is -0.633. The van der Waals surface area contributed by atoms with Gasteiger partial charge in [0.05, 0.1) is 18.3 Å². The van der Waals surface area contributed by atoms with Crippen LogP contribution in [-0.4, -0.2) is 11.3 Å². The Kier molecular flexibility index (Phi) is 10.5. The molecule has 7 aromatic carbocycles. The molecule has 4 nitrogen and oxygen atoms in total. The van der Waals surface area contributed by atoms with E-state index in [1.54, 1.807) is 0 Å². The maximum atomic E-state index is 7.32. The quantitative estimate of drug-likeness (QED) is 0.127. The van der Waals surface area contributed by atoms with Crippen LogP contribution in [-0.2, 0) is 28.7 Å². The number of imidazole rings is 1. The fraction of sp³-hybridized carbons (Fsp3) is 0.348. The molecule has 0 aliphatic carbocycles. The minimum Gasteiger partial charge on any atom is -0.458 e. The first kappa shape index (κ1) is 47.0. The lowest BCUT2D eigenvalue weighted by atomic mass is 9.33. The van der Waals surface area contributed by atoms with E-state index in [-0.39, 0.29) is 28.4 Å². The Bertz CT molecular complexity index is 3500.